The molecule has 0 unspecified atom stereocenters. The lowest BCUT2D eigenvalue weighted by Crippen LogP contribution is -2.46. The number of aromatic nitrogens is 1. The number of amides is 1. The van der Waals surface area contributed by atoms with Gasteiger partial charge in [0.1, 0.15) is 24.4 Å². The molecule has 1 aliphatic heterocycles. The predicted octanol–water partition coefficient (Wildman–Crippen LogP) is 1.77. The fraction of sp³-hybridized carbons (Fsp3) is 0.682. The van der Waals surface area contributed by atoms with E-state index in [4.69, 9.17) is 15.2 Å². The molecule has 1 aliphatic rings. The molecule has 168 valence electrons. The van der Waals surface area contributed by atoms with Gasteiger partial charge in [0.05, 0.1) is 0 Å². The van der Waals surface area contributed by atoms with Crippen LogP contribution in [0.4, 0.5) is 0 Å². The lowest BCUT2D eigenvalue weighted by Gasteiger charge is -2.13. The number of rotatable bonds is 13. The van der Waals surface area contributed by atoms with Gasteiger partial charge in [0.25, 0.3) is 12.1 Å². The molecular weight excluding hydrogens is 388 g/mol. The van der Waals surface area contributed by atoms with E-state index in [1.54, 1.807) is 18.3 Å². The van der Waals surface area contributed by atoms with Crippen molar-refractivity contribution in [2.75, 3.05) is 6.61 Å². The second-order valence-electron chi connectivity index (χ2n) is 7.86. The van der Waals surface area contributed by atoms with Crippen molar-refractivity contribution in [3.05, 3.63) is 30.1 Å². The minimum atomic E-state index is -1.23. The number of nitrogens with zero attached hydrogens (tertiary/aromatic N) is 1. The molecule has 0 bridgehead atoms. The third-order valence-electron chi connectivity index (χ3n) is 5.38. The monoisotopic (exact) mass is 423 g/mol. The zero-order chi connectivity index (χ0) is 21.9. The summed E-state index contributed by atoms with van der Waals surface area (Å²) in [5.74, 6) is -0.943. The van der Waals surface area contributed by atoms with Gasteiger partial charge in [-0.1, -0.05) is 51.9 Å². The Bertz CT molecular complexity index is 683. The molecule has 0 spiro atoms. The average molecular weight is 424 g/mol. The number of unbranched alkanes of at least 4 members (excludes halogenated alkanes) is 7. The molecule has 0 aromatic carbocycles. The van der Waals surface area contributed by atoms with Crippen molar-refractivity contribution in [2.45, 2.75) is 89.3 Å². The van der Waals surface area contributed by atoms with Gasteiger partial charge in [-0.05, 0) is 12.5 Å². The highest BCUT2D eigenvalue weighted by Crippen LogP contribution is 2.26. The number of carbonyl (C=O) groups excluding carboxylic acids is 2. The van der Waals surface area contributed by atoms with Gasteiger partial charge in [-0.15, -0.1) is 0 Å². The topological polar surface area (TPSA) is 123 Å². The van der Waals surface area contributed by atoms with E-state index in [1.807, 2.05) is 0 Å². The first kappa shape index (κ1) is 24.2. The van der Waals surface area contributed by atoms with Gasteiger partial charge in [0.2, 0.25) is 0 Å². The van der Waals surface area contributed by atoms with Crippen LogP contribution in [-0.4, -0.2) is 47.0 Å². The third-order valence-corrected chi connectivity index (χ3v) is 5.38. The molecule has 1 fully saturated rings. The molecule has 4 N–H and O–H groups in total. The Balaban J connectivity index is 1.71. The number of pyridine rings is 1. The van der Waals surface area contributed by atoms with Crippen molar-refractivity contribution >= 4 is 11.9 Å². The van der Waals surface area contributed by atoms with Crippen molar-refractivity contribution in [1.82, 2.24) is 0 Å². The number of ether oxygens (including phenoxy) is 2. The van der Waals surface area contributed by atoms with Crippen LogP contribution in [0.2, 0.25) is 0 Å². The molecule has 2 heterocycles. The van der Waals surface area contributed by atoms with Crippen molar-refractivity contribution < 1.29 is 33.8 Å². The summed E-state index contributed by atoms with van der Waals surface area (Å²) in [7, 11) is 0. The Kier molecular flexibility index (Phi) is 10.2. The van der Waals surface area contributed by atoms with E-state index in [1.165, 1.54) is 42.9 Å². The first-order valence-electron chi connectivity index (χ1n) is 10.9. The zero-order valence-corrected chi connectivity index (χ0v) is 17.7. The maximum Gasteiger partial charge on any atom is 0.305 e. The Morgan fingerprint density at radius 2 is 1.77 bits per heavy atom. The van der Waals surface area contributed by atoms with Crippen LogP contribution in [0.3, 0.4) is 0 Å². The van der Waals surface area contributed by atoms with Crippen LogP contribution < -0.4 is 10.3 Å². The summed E-state index contributed by atoms with van der Waals surface area (Å²) in [4.78, 5) is 23.3. The van der Waals surface area contributed by atoms with Crippen LogP contribution in [0.25, 0.3) is 0 Å². The summed E-state index contributed by atoms with van der Waals surface area (Å²) in [5, 5.41) is 20.5. The molecule has 30 heavy (non-hydrogen) atoms. The summed E-state index contributed by atoms with van der Waals surface area (Å²) in [5.41, 5.74) is 5.53. The highest BCUT2D eigenvalue weighted by Gasteiger charge is 2.48. The standard InChI is InChI=1S/C22H34N2O6/c1-2-3-4-5-6-7-8-9-12-18(25)29-15-17-19(26)20(27)22(30-17)24-13-10-11-16(14-24)21(23)28/h10-11,13-14,17,19-20,22,26-27H,2-9,12,15H2,1H3,(H-,23,28)/p+1/t17-,19-,20-,22-/m1/s1. The molecule has 1 aromatic heterocycles. The Morgan fingerprint density at radius 3 is 2.43 bits per heavy atom. The van der Waals surface area contributed by atoms with Crippen LogP contribution in [0, 0.1) is 0 Å². The summed E-state index contributed by atoms with van der Waals surface area (Å²) in [6, 6.07) is 3.14. The van der Waals surface area contributed by atoms with E-state index in [9.17, 15) is 19.8 Å². The second-order valence-corrected chi connectivity index (χ2v) is 7.86. The van der Waals surface area contributed by atoms with E-state index in [-0.39, 0.29) is 18.1 Å². The number of nitrogens with two attached hydrogens (primary N) is 1. The molecule has 0 saturated carbocycles. The Morgan fingerprint density at radius 1 is 1.10 bits per heavy atom. The molecule has 8 nitrogen and oxygen atoms in total. The summed E-state index contributed by atoms with van der Waals surface area (Å²) in [6.45, 7) is 2.06. The number of aliphatic hydroxyl groups is 2. The van der Waals surface area contributed by atoms with E-state index in [2.05, 4.69) is 6.92 Å². The van der Waals surface area contributed by atoms with Gasteiger partial charge < -0.3 is 25.4 Å². The fourth-order valence-corrected chi connectivity index (χ4v) is 3.56. The first-order chi connectivity index (χ1) is 14.4. The quantitative estimate of drug-likeness (QED) is 0.252. The summed E-state index contributed by atoms with van der Waals surface area (Å²) in [6.07, 6.45) is 8.33. The van der Waals surface area contributed by atoms with Gasteiger partial charge in [0.15, 0.2) is 18.5 Å². The highest BCUT2D eigenvalue weighted by molar-refractivity contribution is 5.92. The number of carbonyl (C=O) groups is 2. The van der Waals surface area contributed by atoms with Crippen LogP contribution >= 0.6 is 0 Å². The maximum absolute atomic E-state index is 12.0. The van der Waals surface area contributed by atoms with Gasteiger partial charge in [0, 0.05) is 12.5 Å². The number of esters is 1. The highest BCUT2D eigenvalue weighted by atomic mass is 16.6. The molecule has 1 aromatic rings. The smallest absolute Gasteiger partial charge is 0.305 e. The molecule has 2 rings (SSSR count). The SMILES string of the molecule is CCCCCCCCCCC(=O)OC[C@H]1O[C@@H]([n+]2cccc(C(N)=O)c2)[C@H](O)[C@@H]1O. The average Bonchev–Trinajstić information content (AvgIpc) is 3.02. The summed E-state index contributed by atoms with van der Waals surface area (Å²) < 4.78 is 12.4. The van der Waals surface area contributed by atoms with Crippen molar-refractivity contribution in [2.24, 2.45) is 5.73 Å². The Hall–Kier alpha value is -2.03. The van der Waals surface area contributed by atoms with Gasteiger partial charge >= 0.3 is 5.97 Å². The fourth-order valence-electron chi connectivity index (χ4n) is 3.56. The minimum Gasteiger partial charge on any atom is -0.463 e. The molecule has 0 radical (unpaired) electrons. The largest absolute Gasteiger partial charge is 0.463 e. The number of hydrogen-bond donors (Lipinski definition) is 3. The normalized spacial score (nSPS) is 23.4. The maximum atomic E-state index is 12.0. The molecule has 1 saturated heterocycles. The third kappa shape index (κ3) is 7.34. The second kappa shape index (κ2) is 12.6. The lowest BCUT2D eigenvalue weighted by molar-refractivity contribution is -0.765. The first-order valence-corrected chi connectivity index (χ1v) is 10.9. The van der Waals surface area contributed by atoms with Crippen molar-refractivity contribution in [3.63, 3.8) is 0 Å². The van der Waals surface area contributed by atoms with Gasteiger partial charge in [-0.3, -0.25) is 9.59 Å². The van der Waals surface area contributed by atoms with E-state index < -0.39 is 30.4 Å². The zero-order valence-electron chi connectivity index (χ0n) is 17.7. The van der Waals surface area contributed by atoms with Crippen LogP contribution in [0.1, 0.15) is 81.3 Å². The minimum absolute atomic E-state index is 0.138. The Labute approximate surface area is 178 Å². The van der Waals surface area contributed by atoms with Gasteiger partial charge in [-0.2, -0.15) is 4.57 Å². The van der Waals surface area contributed by atoms with Crippen LogP contribution in [-0.2, 0) is 14.3 Å². The van der Waals surface area contributed by atoms with Gasteiger partial charge in [-0.25, -0.2) is 0 Å². The van der Waals surface area contributed by atoms with Crippen LogP contribution in [0.15, 0.2) is 24.5 Å². The van der Waals surface area contributed by atoms with E-state index >= 15 is 0 Å². The molecule has 0 aliphatic carbocycles. The molecule has 1 amide bonds. The van der Waals surface area contributed by atoms with E-state index in [0.717, 1.165) is 19.3 Å². The van der Waals surface area contributed by atoms with E-state index in [0.29, 0.717) is 6.42 Å². The molecule has 4 atom stereocenters. The number of primary amides is 1. The lowest BCUT2D eigenvalue weighted by atomic mass is 10.1. The van der Waals surface area contributed by atoms with Crippen molar-refractivity contribution in [1.29, 1.82) is 0 Å². The molecule has 8 heteroatoms. The van der Waals surface area contributed by atoms with Crippen molar-refractivity contribution in [3.8, 4) is 0 Å². The number of aliphatic hydroxyl groups excluding tert-OH is 2. The molecular formula is C22H35N2O6+. The van der Waals surface area contributed by atoms with Crippen LogP contribution in [0.5, 0.6) is 0 Å². The predicted molar refractivity (Wildman–Crippen MR) is 109 cm³/mol. The number of hydrogen-bond acceptors (Lipinski definition) is 6. The summed E-state index contributed by atoms with van der Waals surface area (Å²) >= 11 is 0.